The number of carboxylic acid groups (broad SMARTS) is 1. The topological polar surface area (TPSA) is 55.8 Å². The predicted octanol–water partition coefficient (Wildman–Crippen LogP) is 6.76. The fraction of sp³-hybridized carbons (Fsp3) is 0.174. The summed E-state index contributed by atoms with van der Waals surface area (Å²) in [5.41, 5.74) is 0. The maximum atomic E-state index is 11.8. The molecule has 0 bridgehead atoms. The predicted molar refractivity (Wildman–Crippen MR) is 111 cm³/mol. The SMILES string of the molecule is CCCCOc1ccc(S(OC(=O)O)(c2ccccc2)c2ccccc2)cc1. The summed E-state index contributed by atoms with van der Waals surface area (Å²) in [6.45, 7) is 2.78. The Morgan fingerprint density at radius 1 is 0.821 bits per heavy atom. The van der Waals surface area contributed by atoms with Crippen LogP contribution < -0.4 is 4.74 Å². The van der Waals surface area contributed by atoms with E-state index in [1.165, 1.54) is 0 Å². The maximum Gasteiger partial charge on any atom is 0.517 e. The van der Waals surface area contributed by atoms with Gasteiger partial charge in [-0.25, -0.2) is 4.79 Å². The lowest BCUT2D eigenvalue weighted by atomic mass is 10.3. The van der Waals surface area contributed by atoms with Crippen LogP contribution in [0.3, 0.4) is 0 Å². The molecule has 0 amide bonds. The Balaban J connectivity index is 2.11. The van der Waals surface area contributed by atoms with Crippen LogP contribution in [0.4, 0.5) is 4.79 Å². The fourth-order valence-corrected chi connectivity index (χ4v) is 5.86. The first-order valence-corrected chi connectivity index (χ1v) is 10.8. The lowest BCUT2D eigenvalue weighted by Gasteiger charge is -2.38. The highest BCUT2D eigenvalue weighted by atomic mass is 32.3. The lowest BCUT2D eigenvalue weighted by molar-refractivity contribution is 0.150. The van der Waals surface area contributed by atoms with Crippen LogP contribution in [-0.4, -0.2) is 17.9 Å². The van der Waals surface area contributed by atoms with Gasteiger partial charge in [0.15, 0.2) is 0 Å². The van der Waals surface area contributed by atoms with Gasteiger partial charge in [-0.1, -0.05) is 49.7 Å². The van der Waals surface area contributed by atoms with E-state index in [1.54, 1.807) is 0 Å². The molecule has 0 heterocycles. The van der Waals surface area contributed by atoms with Gasteiger partial charge >= 0.3 is 6.16 Å². The van der Waals surface area contributed by atoms with Crippen molar-refractivity contribution in [2.45, 2.75) is 34.5 Å². The highest BCUT2D eigenvalue weighted by molar-refractivity contribution is 8.30. The maximum absolute atomic E-state index is 11.8. The Hall–Kier alpha value is -2.92. The van der Waals surface area contributed by atoms with E-state index in [1.807, 2.05) is 84.9 Å². The molecule has 0 saturated carbocycles. The summed E-state index contributed by atoms with van der Waals surface area (Å²) in [4.78, 5) is 14.2. The molecule has 0 spiro atoms. The molecule has 0 unspecified atom stereocenters. The minimum absolute atomic E-state index is 0.664. The van der Waals surface area contributed by atoms with Gasteiger partial charge < -0.3 is 14.0 Å². The zero-order valence-electron chi connectivity index (χ0n) is 15.8. The molecule has 5 heteroatoms. The molecule has 3 aromatic rings. The van der Waals surface area contributed by atoms with Gasteiger partial charge in [-0.05, 0) is 65.3 Å². The van der Waals surface area contributed by atoms with Gasteiger partial charge in [0.2, 0.25) is 0 Å². The van der Waals surface area contributed by atoms with Crippen molar-refractivity contribution in [3.63, 3.8) is 0 Å². The Morgan fingerprint density at radius 2 is 1.32 bits per heavy atom. The number of hydrogen-bond acceptors (Lipinski definition) is 3. The first kappa shape index (κ1) is 19.8. The second-order valence-electron chi connectivity index (χ2n) is 6.20. The number of hydrogen-bond donors (Lipinski definition) is 1. The Morgan fingerprint density at radius 3 is 1.79 bits per heavy atom. The number of unbranched alkanes of at least 4 members (excludes halogenated alkanes) is 1. The van der Waals surface area contributed by atoms with E-state index in [-0.39, 0.29) is 0 Å². The van der Waals surface area contributed by atoms with Gasteiger partial charge in [0.05, 0.1) is 6.61 Å². The zero-order valence-corrected chi connectivity index (χ0v) is 16.6. The Labute approximate surface area is 167 Å². The molecule has 3 rings (SSSR count). The summed E-state index contributed by atoms with van der Waals surface area (Å²) >= 11 is 0. The molecule has 28 heavy (non-hydrogen) atoms. The molecular formula is C23H24O4S. The second kappa shape index (κ2) is 9.33. The molecule has 146 valence electrons. The van der Waals surface area contributed by atoms with Crippen LogP contribution in [0.25, 0.3) is 0 Å². The average molecular weight is 397 g/mol. The van der Waals surface area contributed by atoms with Crippen LogP contribution in [0.1, 0.15) is 19.8 Å². The summed E-state index contributed by atoms with van der Waals surface area (Å²) in [6.07, 6.45) is 0.762. The molecule has 0 aliphatic heterocycles. The van der Waals surface area contributed by atoms with Crippen LogP contribution in [0.2, 0.25) is 0 Å². The summed E-state index contributed by atoms with van der Waals surface area (Å²) in [6, 6.07) is 26.6. The Kier molecular flexibility index (Phi) is 6.61. The van der Waals surface area contributed by atoms with Gasteiger partial charge in [0.1, 0.15) is 5.75 Å². The minimum atomic E-state index is -2.43. The van der Waals surface area contributed by atoms with E-state index in [0.717, 1.165) is 33.3 Å². The van der Waals surface area contributed by atoms with Crippen LogP contribution >= 0.6 is 10.3 Å². The Bertz CT molecular complexity index is 840. The standard InChI is InChI=1S/C23H24O4S/c1-2-3-18-26-19-14-16-22(17-15-19)28(27-23(24)25,20-10-6-4-7-11-20)21-12-8-5-9-13-21/h4-17H,2-3,18H2,1H3,(H,24,25). The summed E-state index contributed by atoms with van der Waals surface area (Å²) in [5, 5.41) is 9.60. The summed E-state index contributed by atoms with van der Waals surface area (Å²) in [5.74, 6) is 0.766. The van der Waals surface area contributed by atoms with E-state index < -0.39 is 16.5 Å². The van der Waals surface area contributed by atoms with Crippen LogP contribution in [0, 0.1) is 0 Å². The third kappa shape index (κ3) is 4.31. The van der Waals surface area contributed by atoms with E-state index in [9.17, 15) is 9.90 Å². The van der Waals surface area contributed by atoms with E-state index >= 15 is 0 Å². The molecule has 4 nitrogen and oxygen atoms in total. The summed E-state index contributed by atoms with van der Waals surface area (Å²) < 4.78 is 11.5. The van der Waals surface area contributed by atoms with Gasteiger partial charge in [0.25, 0.3) is 0 Å². The number of benzene rings is 3. The second-order valence-corrected chi connectivity index (χ2v) is 8.90. The third-order valence-corrected chi connectivity index (χ3v) is 7.47. The van der Waals surface area contributed by atoms with Crippen molar-refractivity contribution in [2.24, 2.45) is 0 Å². The van der Waals surface area contributed by atoms with E-state index in [4.69, 9.17) is 8.92 Å². The van der Waals surface area contributed by atoms with Crippen molar-refractivity contribution < 1.29 is 18.8 Å². The molecule has 0 saturated heterocycles. The smallest absolute Gasteiger partial charge is 0.494 e. The van der Waals surface area contributed by atoms with Crippen molar-refractivity contribution in [3.05, 3.63) is 84.9 Å². The molecule has 0 fully saturated rings. The van der Waals surface area contributed by atoms with E-state index in [2.05, 4.69) is 6.92 Å². The van der Waals surface area contributed by atoms with Crippen molar-refractivity contribution in [1.29, 1.82) is 0 Å². The third-order valence-electron chi connectivity index (χ3n) is 4.27. The average Bonchev–Trinajstić information content (AvgIpc) is 2.74. The largest absolute Gasteiger partial charge is 0.517 e. The number of rotatable bonds is 8. The molecular weight excluding hydrogens is 372 g/mol. The molecule has 0 aliphatic carbocycles. The van der Waals surface area contributed by atoms with Crippen molar-refractivity contribution >= 4 is 16.5 Å². The fourth-order valence-electron chi connectivity index (χ4n) is 2.95. The molecule has 0 radical (unpaired) electrons. The highest BCUT2D eigenvalue weighted by Crippen LogP contribution is 2.69. The van der Waals surface area contributed by atoms with Gasteiger partial charge in [0, 0.05) is 14.7 Å². The quantitative estimate of drug-likeness (QED) is 0.428. The van der Waals surface area contributed by atoms with Crippen LogP contribution in [0.15, 0.2) is 99.6 Å². The first-order valence-electron chi connectivity index (χ1n) is 9.25. The first-order chi connectivity index (χ1) is 13.7. The van der Waals surface area contributed by atoms with Crippen molar-refractivity contribution in [1.82, 2.24) is 0 Å². The monoisotopic (exact) mass is 396 g/mol. The van der Waals surface area contributed by atoms with Gasteiger partial charge in [-0.2, -0.15) is 0 Å². The van der Waals surface area contributed by atoms with Gasteiger partial charge in [-0.3, -0.25) is 0 Å². The molecule has 0 atom stereocenters. The molecule has 1 N–H and O–H groups in total. The van der Waals surface area contributed by atoms with Gasteiger partial charge in [-0.15, -0.1) is 0 Å². The zero-order chi connectivity index (χ0) is 19.8. The van der Waals surface area contributed by atoms with Crippen molar-refractivity contribution in [3.8, 4) is 5.75 Å². The molecule has 3 aromatic carbocycles. The summed E-state index contributed by atoms with van der Waals surface area (Å²) in [7, 11) is -2.43. The minimum Gasteiger partial charge on any atom is -0.494 e. The normalized spacial score (nSPS) is 11.6. The lowest BCUT2D eigenvalue weighted by Crippen LogP contribution is -2.12. The highest BCUT2D eigenvalue weighted by Gasteiger charge is 2.35. The number of ether oxygens (including phenoxy) is 1. The number of carbonyl (C=O) groups is 1. The molecule has 0 aromatic heterocycles. The molecule has 0 aliphatic rings. The van der Waals surface area contributed by atoms with Crippen LogP contribution in [-0.2, 0) is 4.18 Å². The van der Waals surface area contributed by atoms with E-state index in [0.29, 0.717) is 6.61 Å². The van der Waals surface area contributed by atoms with Crippen molar-refractivity contribution in [2.75, 3.05) is 6.61 Å². The van der Waals surface area contributed by atoms with Crippen LogP contribution in [0.5, 0.6) is 5.75 Å².